The Hall–Kier alpha value is -3.22. The number of nitrogens with zero attached hydrogens (tertiary/aromatic N) is 2. The van der Waals surface area contributed by atoms with Gasteiger partial charge in [-0.15, -0.1) is 0 Å². The van der Waals surface area contributed by atoms with Crippen molar-refractivity contribution in [2.75, 3.05) is 12.0 Å². The topological polar surface area (TPSA) is 91.4 Å². The number of pyridine rings is 1. The molecule has 0 radical (unpaired) electrons. The first kappa shape index (κ1) is 16.9. The first-order valence-electron chi connectivity index (χ1n) is 9.55. The van der Waals surface area contributed by atoms with Gasteiger partial charge in [-0.05, 0) is 48.9 Å². The van der Waals surface area contributed by atoms with Crippen molar-refractivity contribution >= 4 is 34.4 Å². The predicted octanol–water partition coefficient (Wildman–Crippen LogP) is 2.51. The van der Waals surface area contributed by atoms with Crippen LogP contribution in [0.1, 0.15) is 12.8 Å². The van der Waals surface area contributed by atoms with Crippen LogP contribution in [0.5, 0.6) is 0 Å². The number of hydrogen-bond donors (Lipinski definition) is 2. The number of hydrogen-bond acceptors (Lipinski definition) is 4. The second kappa shape index (κ2) is 6.44. The molecule has 7 nitrogen and oxygen atoms in total. The fraction of sp³-hybridized carbons (Fsp3) is 0.333. The lowest BCUT2D eigenvalue weighted by atomic mass is 9.63. The lowest BCUT2D eigenvalue weighted by Gasteiger charge is -2.38. The highest BCUT2D eigenvalue weighted by atomic mass is 16.2. The quantitative estimate of drug-likeness (QED) is 0.636. The Kier molecular flexibility index (Phi) is 3.89. The van der Waals surface area contributed by atoms with E-state index >= 15 is 0 Å². The monoisotopic (exact) mass is 376 g/mol. The van der Waals surface area contributed by atoms with E-state index in [1.807, 2.05) is 24.3 Å². The molecule has 1 aromatic carbocycles. The number of imide groups is 1. The van der Waals surface area contributed by atoms with Crippen molar-refractivity contribution in [3.8, 4) is 0 Å². The van der Waals surface area contributed by atoms with Crippen LogP contribution in [0.3, 0.4) is 0 Å². The van der Waals surface area contributed by atoms with Crippen molar-refractivity contribution in [3.05, 3.63) is 48.7 Å². The predicted molar refractivity (Wildman–Crippen MR) is 103 cm³/mol. The summed E-state index contributed by atoms with van der Waals surface area (Å²) in [5, 5.41) is 6.29. The van der Waals surface area contributed by atoms with E-state index in [0.29, 0.717) is 5.69 Å². The van der Waals surface area contributed by atoms with Gasteiger partial charge in [0.15, 0.2) is 0 Å². The van der Waals surface area contributed by atoms with Crippen LogP contribution in [0.15, 0.2) is 48.7 Å². The number of carbonyl (C=O) groups is 3. The van der Waals surface area contributed by atoms with Crippen molar-refractivity contribution < 1.29 is 14.4 Å². The van der Waals surface area contributed by atoms with E-state index in [1.165, 1.54) is 4.90 Å². The maximum absolute atomic E-state index is 12.7. The molecule has 1 saturated heterocycles. The number of amides is 4. The molecule has 4 atom stereocenters. The van der Waals surface area contributed by atoms with Gasteiger partial charge in [0, 0.05) is 17.3 Å². The van der Waals surface area contributed by atoms with Crippen molar-refractivity contribution in [2.45, 2.75) is 12.8 Å². The lowest BCUT2D eigenvalue weighted by molar-refractivity contribution is -0.140. The van der Waals surface area contributed by atoms with Gasteiger partial charge in [0.1, 0.15) is 6.67 Å². The summed E-state index contributed by atoms with van der Waals surface area (Å²) < 4.78 is 0. The SMILES string of the molecule is O=C(NCN1C(=O)[C@@H]2[C@@H](C1=O)[C@H]1C=C[C@H]2CC1)Nc1ccc2ncccc2c1. The van der Waals surface area contributed by atoms with E-state index in [1.54, 1.807) is 12.3 Å². The maximum atomic E-state index is 12.7. The van der Waals surface area contributed by atoms with Crippen LogP contribution in [0.2, 0.25) is 0 Å². The second-order valence-electron chi connectivity index (χ2n) is 7.65. The number of rotatable bonds is 3. The van der Waals surface area contributed by atoms with Crippen LogP contribution < -0.4 is 10.6 Å². The minimum Gasteiger partial charge on any atom is -0.320 e. The molecular weight excluding hydrogens is 356 g/mol. The first-order valence-corrected chi connectivity index (χ1v) is 9.55. The molecule has 6 rings (SSSR count). The molecule has 3 aliphatic carbocycles. The maximum Gasteiger partial charge on any atom is 0.320 e. The van der Waals surface area contributed by atoms with E-state index < -0.39 is 6.03 Å². The molecule has 1 aromatic heterocycles. The number of urea groups is 1. The summed E-state index contributed by atoms with van der Waals surface area (Å²) in [4.78, 5) is 43.2. The van der Waals surface area contributed by atoms with Gasteiger partial charge in [-0.3, -0.25) is 19.5 Å². The largest absolute Gasteiger partial charge is 0.320 e. The van der Waals surface area contributed by atoms with Crippen molar-refractivity contribution in [2.24, 2.45) is 23.7 Å². The molecular formula is C21H20N4O3. The van der Waals surface area contributed by atoms with E-state index in [-0.39, 0.29) is 42.2 Å². The molecule has 2 N–H and O–H groups in total. The van der Waals surface area contributed by atoms with Crippen molar-refractivity contribution in [1.29, 1.82) is 0 Å². The van der Waals surface area contributed by atoms with Crippen LogP contribution in [0.25, 0.3) is 10.9 Å². The molecule has 0 unspecified atom stereocenters. The number of nitrogens with one attached hydrogen (secondary N) is 2. The number of allylic oxidation sites excluding steroid dienone is 2. The number of benzene rings is 1. The third-order valence-electron chi connectivity index (χ3n) is 6.11. The van der Waals surface area contributed by atoms with Crippen molar-refractivity contribution in [1.82, 2.24) is 15.2 Å². The number of carbonyl (C=O) groups excluding carboxylic acids is 3. The average Bonchev–Trinajstić information content (AvgIpc) is 2.99. The number of anilines is 1. The zero-order valence-electron chi connectivity index (χ0n) is 15.2. The van der Waals surface area contributed by atoms with E-state index in [4.69, 9.17) is 0 Å². The molecule has 142 valence electrons. The summed E-state index contributed by atoms with van der Waals surface area (Å²) >= 11 is 0. The van der Waals surface area contributed by atoms with E-state index in [2.05, 4.69) is 27.8 Å². The highest BCUT2D eigenvalue weighted by molar-refractivity contribution is 6.06. The fourth-order valence-electron chi connectivity index (χ4n) is 4.77. The highest BCUT2D eigenvalue weighted by Crippen LogP contribution is 2.49. The third kappa shape index (κ3) is 2.66. The summed E-state index contributed by atoms with van der Waals surface area (Å²) in [7, 11) is 0. The smallest absolute Gasteiger partial charge is 0.320 e. The van der Waals surface area contributed by atoms with Crippen LogP contribution >= 0.6 is 0 Å². The molecule has 1 aliphatic heterocycles. The molecule has 1 saturated carbocycles. The molecule has 0 spiro atoms. The second-order valence-corrected chi connectivity index (χ2v) is 7.65. The summed E-state index contributed by atoms with van der Waals surface area (Å²) in [5.41, 5.74) is 1.46. The Bertz CT molecular complexity index is 986. The molecule has 7 heteroatoms. The standard InChI is InChI=1S/C21H20N4O3/c26-19-17-12-3-4-13(6-5-12)18(17)20(27)25(19)11-23-21(28)24-15-7-8-16-14(10-15)2-1-9-22-16/h1-4,7-10,12-13,17-18H,5-6,11H2,(H2,23,24,28)/t12-,13-,17-,18-/m0/s1. The van der Waals surface area contributed by atoms with Gasteiger partial charge < -0.3 is 10.6 Å². The highest BCUT2D eigenvalue weighted by Gasteiger charge is 2.56. The zero-order valence-corrected chi connectivity index (χ0v) is 15.2. The minimum absolute atomic E-state index is 0.106. The van der Waals surface area contributed by atoms with Gasteiger partial charge in [-0.25, -0.2) is 4.79 Å². The number of aromatic nitrogens is 1. The van der Waals surface area contributed by atoms with Gasteiger partial charge >= 0.3 is 6.03 Å². The van der Waals surface area contributed by atoms with Crippen LogP contribution in [0, 0.1) is 23.7 Å². The van der Waals surface area contributed by atoms with Gasteiger partial charge in [0.2, 0.25) is 11.8 Å². The molecule has 4 aliphatic rings. The summed E-state index contributed by atoms with van der Waals surface area (Å²) in [6, 6.07) is 8.70. The Morgan fingerprint density at radius 1 is 1.07 bits per heavy atom. The first-order chi connectivity index (χ1) is 13.6. The van der Waals surface area contributed by atoms with Gasteiger partial charge in [-0.2, -0.15) is 0 Å². The fourth-order valence-corrected chi connectivity index (χ4v) is 4.77. The lowest BCUT2D eigenvalue weighted by Crippen LogP contribution is -2.43. The molecule has 2 bridgehead atoms. The molecule has 2 fully saturated rings. The number of fused-ring (bicyclic) bond motifs is 2. The average molecular weight is 376 g/mol. The molecule has 2 aromatic rings. The van der Waals surface area contributed by atoms with Crippen LogP contribution in [0.4, 0.5) is 10.5 Å². The Morgan fingerprint density at radius 2 is 1.79 bits per heavy atom. The van der Waals surface area contributed by atoms with Gasteiger partial charge in [0.25, 0.3) is 0 Å². The molecule has 4 amide bonds. The zero-order chi connectivity index (χ0) is 19.3. The number of likely N-dealkylation sites (tertiary alicyclic amines) is 1. The van der Waals surface area contributed by atoms with Gasteiger partial charge in [0.05, 0.1) is 17.4 Å². The Balaban J connectivity index is 1.24. The third-order valence-corrected chi connectivity index (χ3v) is 6.11. The summed E-state index contributed by atoms with van der Waals surface area (Å²) in [5.74, 6) is -0.534. The van der Waals surface area contributed by atoms with E-state index in [9.17, 15) is 14.4 Å². The summed E-state index contributed by atoms with van der Waals surface area (Å²) in [6.07, 6.45) is 7.79. The summed E-state index contributed by atoms with van der Waals surface area (Å²) in [6.45, 7) is -0.106. The minimum atomic E-state index is -0.459. The van der Waals surface area contributed by atoms with Crippen LogP contribution in [-0.4, -0.2) is 34.4 Å². The normalized spacial score (nSPS) is 27.9. The van der Waals surface area contributed by atoms with E-state index in [0.717, 1.165) is 23.7 Å². The molecule has 2 heterocycles. The Morgan fingerprint density at radius 3 is 2.46 bits per heavy atom. The molecule has 28 heavy (non-hydrogen) atoms. The Labute approximate surface area is 161 Å². The van der Waals surface area contributed by atoms with Gasteiger partial charge in [-0.1, -0.05) is 18.2 Å². The van der Waals surface area contributed by atoms with Crippen molar-refractivity contribution in [3.63, 3.8) is 0 Å². The van der Waals surface area contributed by atoms with Crippen LogP contribution in [-0.2, 0) is 9.59 Å².